The summed E-state index contributed by atoms with van der Waals surface area (Å²) in [6, 6.07) is 11.8. The molecule has 0 saturated carbocycles. The number of para-hydroxylation sites is 1. The molecule has 0 fully saturated rings. The van der Waals surface area contributed by atoms with Gasteiger partial charge in [-0.15, -0.1) is 0 Å². The van der Waals surface area contributed by atoms with Gasteiger partial charge in [0.25, 0.3) is 5.91 Å². The molecule has 1 aliphatic rings. The van der Waals surface area contributed by atoms with Gasteiger partial charge in [0.1, 0.15) is 22.1 Å². The number of halogens is 5. The molecule has 0 radical (unpaired) electrons. The van der Waals surface area contributed by atoms with Crippen LogP contribution in [0.15, 0.2) is 65.8 Å². The minimum atomic E-state index is -4.78. The van der Waals surface area contributed by atoms with E-state index in [1.807, 2.05) is 0 Å². The Labute approximate surface area is 201 Å². The summed E-state index contributed by atoms with van der Waals surface area (Å²) in [6.45, 7) is 0. The molecular weight excluding hydrogens is 491 g/mol. The Bertz CT molecular complexity index is 1300. The number of rotatable bonds is 5. The van der Waals surface area contributed by atoms with E-state index >= 15 is 0 Å². The number of nitrogens with zero attached hydrogens (tertiary/aromatic N) is 2. The lowest BCUT2D eigenvalue weighted by atomic mass is 10.1. The molecule has 3 aromatic carbocycles. The van der Waals surface area contributed by atoms with E-state index in [4.69, 9.17) is 9.47 Å². The number of ether oxygens (including phenoxy) is 2. The molecular formula is C24H17F5N2O3S. The van der Waals surface area contributed by atoms with E-state index < -0.39 is 40.2 Å². The Kier molecular flexibility index (Phi) is 6.70. The van der Waals surface area contributed by atoms with Crippen molar-refractivity contribution in [3.8, 4) is 11.5 Å². The van der Waals surface area contributed by atoms with Crippen LogP contribution in [0.1, 0.15) is 32.4 Å². The van der Waals surface area contributed by atoms with Crippen LogP contribution in [0.4, 0.5) is 22.0 Å². The highest BCUT2D eigenvalue weighted by molar-refractivity contribution is 8.14. The van der Waals surface area contributed by atoms with E-state index in [0.29, 0.717) is 35.1 Å². The minimum Gasteiger partial charge on any atom is -0.493 e. The van der Waals surface area contributed by atoms with Gasteiger partial charge in [-0.05, 0) is 48.5 Å². The molecule has 0 aromatic heterocycles. The number of carbonyl (C=O) groups is 1. The summed E-state index contributed by atoms with van der Waals surface area (Å²) in [5.41, 5.74) is -1.09. The molecule has 35 heavy (non-hydrogen) atoms. The summed E-state index contributed by atoms with van der Waals surface area (Å²) in [4.78, 5) is 13.4. The van der Waals surface area contributed by atoms with Gasteiger partial charge in [0, 0.05) is 11.1 Å². The van der Waals surface area contributed by atoms with Crippen molar-refractivity contribution in [2.45, 2.75) is 11.6 Å². The van der Waals surface area contributed by atoms with Gasteiger partial charge < -0.3 is 9.47 Å². The molecule has 1 atom stereocenters. The summed E-state index contributed by atoms with van der Waals surface area (Å²) in [7, 11) is 2.81. The predicted molar refractivity (Wildman–Crippen MR) is 120 cm³/mol. The monoisotopic (exact) mass is 508 g/mol. The highest BCUT2D eigenvalue weighted by Gasteiger charge is 2.39. The molecule has 0 saturated heterocycles. The third kappa shape index (κ3) is 4.81. The molecule has 0 bridgehead atoms. The van der Waals surface area contributed by atoms with Crippen LogP contribution < -0.4 is 9.47 Å². The summed E-state index contributed by atoms with van der Waals surface area (Å²) in [5.74, 6) is -2.09. The van der Waals surface area contributed by atoms with Crippen molar-refractivity contribution in [1.82, 2.24) is 5.01 Å². The Morgan fingerprint density at radius 1 is 1.00 bits per heavy atom. The SMILES string of the molecule is COc1cccc(C2SC(c3ccc(F)cc3)=NN2C(=O)c2cc(C(F)(F)F)ccc2F)c1OC. The van der Waals surface area contributed by atoms with E-state index in [1.54, 1.807) is 18.2 Å². The average molecular weight is 508 g/mol. The fourth-order valence-corrected chi connectivity index (χ4v) is 4.66. The van der Waals surface area contributed by atoms with Crippen LogP contribution in [0.5, 0.6) is 11.5 Å². The van der Waals surface area contributed by atoms with E-state index in [2.05, 4.69) is 5.10 Å². The highest BCUT2D eigenvalue weighted by atomic mass is 32.2. The summed E-state index contributed by atoms with van der Waals surface area (Å²) in [5, 5.41) is 4.51. The molecule has 0 spiro atoms. The Morgan fingerprint density at radius 2 is 1.71 bits per heavy atom. The van der Waals surface area contributed by atoms with Crippen LogP contribution in [-0.4, -0.2) is 30.2 Å². The third-order valence-corrected chi connectivity index (χ3v) is 6.38. The molecule has 0 aliphatic carbocycles. The Balaban J connectivity index is 1.84. The van der Waals surface area contributed by atoms with E-state index in [1.165, 1.54) is 38.5 Å². The van der Waals surface area contributed by atoms with Crippen LogP contribution >= 0.6 is 11.8 Å². The molecule has 0 N–H and O–H groups in total. The van der Waals surface area contributed by atoms with Crippen LogP contribution in [0.25, 0.3) is 0 Å². The van der Waals surface area contributed by atoms with Crippen molar-refractivity contribution in [3.05, 3.63) is 94.6 Å². The van der Waals surface area contributed by atoms with Crippen LogP contribution in [0.2, 0.25) is 0 Å². The van der Waals surface area contributed by atoms with Gasteiger partial charge in [-0.1, -0.05) is 23.9 Å². The van der Waals surface area contributed by atoms with Crippen molar-refractivity contribution in [1.29, 1.82) is 0 Å². The second-order valence-electron chi connectivity index (χ2n) is 7.31. The van der Waals surface area contributed by atoms with Crippen LogP contribution in [0.3, 0.4) is 0 Å². The lowest BCUT2D eigenvalue weighted by molar-refractivity contribution is -0.137. The van der Waals surface area contributed by atoms with Gasteiger partial charge in [0.15, 0.2) is 11.5 Å². The first kappa shape index (κ1) is 24.5. The summed E-state index contributed by atoms with van der Waals surface area (Å²) >= 11 is 1.07. The summed E-state index contributed by atoms with van der Waals surface area (Å²) < 4.78 is 78.5. The number of carbonyl (C=O) groups excluding carboxylic acids is 1. The van der Waals surface area contributed by atoms with Crippen molar-refractivity contribution in [2.24, 2.45) is 5.10 Å². The van der Waals surface area contributed by atoms with E-state index in [-0.39, 0.29) is 10.8 Å². The molecule has 1 aliphatic heterocycles. The standard InChI is InChI=1S/C24H17F5N2O3S/c1-33-19-5-3-4-16(20(19)34-2)23-31(30-21(35-23)13-6-9-15(25)10-7-13)22(32)17-12-14(24(27,28)29)8-11-18(17)26/h3-12,23H,1-2H3. The maximum Gasteiger partial charge on any atom is 0.416 e. The van der Waals surface area contributed by atoms with E-state index in [0.717, 1.165) is 16.8 Å². The molecule has 1 unspecified atom stereocenters. The maximum absolute atomic E-state index is 14.6. The fraction of sp³-hybridized carbons (Fsp3) is 0.167. The average Bonchev–Trinajstić information content (AvgIpc) is 3.28. The molecule has 3 aromatic rings. The zero-order chi connectivity index (χ0) is 25.3. The minimum absolute atomic E-state index is 0.269. The lowest BCUT2D eigenvalue weighted by Crippen LogP contribution is -2.27. The molecule has 182 valence electrons. The molecule has 5 nitrogen and oxygen atoms in total. The van der Waals surface area contributed by atoms with Crippen molar-refractivity contribution < 1.29 is 36.2 Å². The molecule has 4 rings (SSSR count). The van der Waals surface area contributed by atoms with Gasteiger partial charge in [-0.2, -0.15) is 18.3 Å². The van der Waals surface area contributed by atoms with Gasteiger partial charge in [-0.3, -0.25) is 4.79 Å². The summed E-state index contributed by atoms with van der Waals surface area (Å²) in [6.07, 6.45) is -4.78. The van der Waals surface area contributed by atoms with Crippen molar-refractivity contribution in [2.75, 3.05) is 14.2 Å². The second kappa shape index (κ2) is 9.57. The van der Waals surface area contributed by atoms with Crippen molar-refractivity contribution >= 4 is 22.7 Å². The van der Waals surface area contributed by atoms with Gasteiger partial charge >= 0.3 is 6.18 Å². The topological polar surface area (TPSA) is 51.1 Å². The normalized spacial score (nSPS) is 15.7. The number of thioether (sulfide) groups is 1. The predicted octanol–water partition coefficient (Wildman–Crippen LogP) is 6.25. The Hall–Kier alpha value is -3.60. The molecule has 1 heterocycles. The van der Waals surface area contributed by atoms with Crippen molar-refractivity contribution in [3.63, 3.8) is 0 Å². The number of benzene rings is 3. The number of hydrazone groups is 1. The Morgan fingerprint density at radius 3 is 2.34 bits per heavy atom. The van der Waals surface area contributed by atoms with Gasteiger partial charge in [-0.25, -0.2) is 13.8 Å². The van der Waals surface area contributed by atoms with Gasteiger partial charge in [0.05, 0.1) is 25.3 Å². The number of amides is 1. The zero-order valence-corrected chi connectivity index (χ0v) is 19.1. The highest BCUT2D eigenvalue weighted by Crippen LogP contribution is 2.47. The van der Waals surface area contributed by atoms with Crippen LogP contribution in [-0.2, 0) is 6.18 Å². The smallest absolute Gasteiger partial charge is 0.416 e. The number of hydrogen-bond donors (Lipinski definition) is 0. The first-order chi connectivity index (χ1) is 16.6. The second-order valence-corrected chi connectivity index (χ2v) is 8.38. The molecule has 1 amide bonds. The van der Waals surface area contributed by atoms with E-state index in [9.17, 15) is 26.7 Å². The number of hydrogen-bond acceptors (Lipinski definition) is 5. The first-order valence-corrected chi connectivity index (χ1v) is 10.9. The lowest BCUT2D eigenvalue weighted by Gasteiger charge is -2.24. The largest absolute Gasteiger partial charge is 0.493 e. The van der Waals surface area contributed by atoms with Gasteiger partial charge in [0.2, 0.25) is 0 Å². The quantitative estimate of drug-likeness (QED) is 0.383. The number of alkyl halides is 3. The maximum atomic E-state index is 14.6. The van der Waals surface area contributed by atoms with Crippen LogP contribution in [0, 0.1) is 11.6 Å². The zero-order valence-electron chi connectivity index (χ0n) is 18.3. The number of methoxy groups -OCH3 is 2. The molecule has 11 heteroatoms. The first-order valence-electron chi connectivity index (χ1n) is 10.1. The third-order valence-electron chi connectivity index (χ3n) is 5.17. The fourth-order valence-electron chi connectivity index (χ4n) is 3.49.